The lowest BCUT2D eigenvalue weighted by Crippen LogP contribution is -2.38. The summed E-state index contributed by atoms with van der Waals surface area (Å²) in [6, 6.07) is 6.46. The molecule has 0 atom stereocenters. The van der Waals surface area contributed by atoms with Crippen molar-refractivity contribution in [2.45, 2.75) is 13.8 Å². The molecule has 5 nitrogen and oxygen atoms in total. The summed E-state index contributed by atoms with van der Waals surface area (Å²) < 4.78 is 0. The third-order valence-electron chi connectivity index (χ3n) is 2.36. The second kappa shape index (κ2) is 6.05. The van der Waals surface area contributed by atoms with Gasteiger partial charge in [-0.2, -0.15) is 0 Å². The van der Waals surface area contributed by atoms with Crippen molar-refractivity contribution in [3.8, 4) is 0 Å². The summed E-state index contributed by atoms with van der Waals surface area (Å²) in [4.78, 5) is 24.2. The molecule has 0 fully saturated rings. The third kappa shape index (κ3) is 4.08. The average molecular weight is 250 g/mol. The van der Waals surface area contributed by atoms with E-state index >= 15 is 0 Å². The Morgan fingerprint density at radius 2 is 1.83 bits per heavy atom. The van der Waals surface area contributed by atoms with Crippen LogP contribution >= 0.6 is 0 Å². The Hall–Kier alpha value is -2.04. The summed E-state index contributed by atoms with van der Waals surface area (Å²) in [5, 5.41) is 8.82. The number of nitrogen functional groups attached to an aromatic ring is 1. The fourth-order valence-corrected chi connectivity index (χ4v) is 1.63. The molecule has 0 saturated heterocycles. The molecule has 18 heavy (non-hydrogen) atoms. The van der Waals surface area contributed by atoms with Crippen molar-refractivity contribution in [3.63, 3.8) is 0 Å². The second-order valence-corrected chi connectivity index (χ2v) is 4.60. The minimum Gasteiger partial charge on any atom is -0.480 e. The summed E-state index contributed by atoms with van der Waals surface area (Å²) in [6.07, 6.45) is 0. The molecule has 0 aromatic heterocycles. The normalized spacial score (nSPS) is 10.4. The number of carboxylic acid groups (broad SMARTS) is 1. The number of amides is 1. The zero-order valence-electron chi connectivity index (χ0n) is 10.6. The molecule has 0 unspecified atom stereocenters. The van der Waals surface area contributed by atoms with Gasteiger partial charge in [-0.15, -0.1) is 0 Å². The minimum absolute atomic E-state index is 0.210. The lowest BCUT2D eigenvalue weighted by molar-refractivity contribution is -0.137. The van der Waals surface area contributed by atoms with Crippen molar-refractivity contribution >= 4 is 17.6 Å². The van der Waals surface area contributed by atoms with E-state index in [-0.39, 0.29) is 18.4 Å². The van der Waals surface area contributed by atoms with Gasteiger partial charge in [0, 0.05) is 17.8 Å². The first-order valence-corrected chi connectivity index (χ1v) is 5.76. The number of hydrogen-bond acceptors (Lipinski definition) is 3. The topological polar surface area (TPSA) is 83.6 Å². The molecule has 3 N–H and O–H groups in total. The predicted molar refractivity (Wildman–Crippen MR) is 69.2 cm³/mol. The number of carboxylic acids is 1. The Balaban J connectivity index is 2.87. The number of carbonyl (C=O) groups is 2. The Kier molecular flexibility index (Phi) is 4.71. The van der Waals surface area contributed by atoms with Crippen LogP contribution in [0.4, 0.5) is 5.69 Å². The van der Waals surface area contributed by atoms with E-state index in [9.17, 15) is 9.59 Å². The van der Waals surface area contributed by atoms with Gasteiger partial charge in [0.25, 0.3) is 5.91 Å². The lowest BCUT2D eigenvalue weighted by atomic mass is 10.1. The van der Waals surface area contributed by atoms with Crippen LogP contribution in [0.3, 0.4) is 0 Å². The van der Waals surface area contributed by atoms with Crippen LogP contribution in [0.1, 0.15) is 24.2 Å². The van der Waals surface area contributed by atoms with Gasteiger partial charge in [-0.1, -0.05) is 13.8 Å². The number of hydrogen-bond donors (Lipinski definition) is 2. The standard InChI is InChI=1S/C13H18N2O3/c1-9(2)7-15(8-12(16)17)13(18)10-3-5-11(14)6-4-10/h3-6,9H,7-8,14H2,1-2H3,(H,16,17). The van der Waals surface area contributed by atoms with Crippen molar-refractivity contribution in [3.05, 3.63) is 29.8 Å². The van der Waals surface area contributed by atoms with Crippen LogP contribution in [0.25, 0.3) is 0 Å². The number of nitrogens with zero attached hydrogens (tertiary/aromatic N) is 1. The maximum absolute atomic E-state index is 12.1. The molecule has 1 aromatic carbocycles. The first kappa shape index (κ1) is 14.0. The molecule has 1 rings (SSSR count). The molecule has 0 aliphatic carbocycles. The summed E-state index contributed by atoms with van der Waals surface area (Å²) in [5.74, 6) is -1.09. The maximum atomic E-state index is 12.1. The summed E-state index contributed by atoms with van der Waals surface area (Å²) in [6.45, 7) is 3.99. The van der Waals surface area contributed by atoms with E-state index in [1.807, 2.05) is 13.8 Å². The molecule has 0 spiro atoms. The zero-order chi connectivity index (χ0) is 13.7. The molecular weight excluding hydrogens is 232 g/mol. The van der Waals surface area contributed by atoms with Gasteiger partial charge in [-0.05, 0) is 30.2 Å². The maximum Gasteiger partial charge on any atom is 0.323 e. The van der Waals surface area contributed by atoms with Crippen LogP contribution in [0.15, 0.2) is 24.3 Å². The van der Waals surface area contributed by atoms with Gasteiger partial charge in [-0.25, -0.2) is 0 Å². The molecule has 0 saturated carbocycles. The van der Waals surface area contributed by atoms with Gasteiger partial charge in [0.1, 0.15) is 6.54 Å². The monoisotopic (exact) mass is 250 g/mol. The Labute approximate surface area is 106 Å². The average Bonchev–Trinajstić information content (AvgIpc) is 2.27. The number of rotatable bonds is 5. The molecule has 98 valence electrons. The summed E-state index contributed by atoms with van der Waals surface area (Å²) >= 11 is 0. The minimum atomic E-state index is -1.01. The fraction of sp³-hybridized carbons (Fsp3) is 0.385. The Morgan fingerprint density at radius 3 is 2.28 bits per heavy atom. The van der Waals surface area contributed by atoms with E-state index in [2.05, 4.69) is 0 Å². The van der Waals surface area contributed by atoms with E-state index in [4.69, 9.17) is 10.8 Å². The first-order valence-electron chi connectivity index (χ1n) is 5.76. The zero-order valence-corrected chi connectivity index (χ0v) is 10.6. The highest BCUT2D eigenvalue weighted by molar-refractivity contribution is 5.96. The van der Waals surface area contributed by atoms with Crippen LogP contribution in [-0.4, -0.2) is 35.0 Å². The molecule has 5 heteroatoms. The molecular formula is C13H18N2O3. The van der Waals surface area contributed by atoms with Gasteiger partial charge >= 0.3 is 5.97 Å². The van der Waals surface area contributed by atoms with E-state index in [1.54, 1.807) is 24.3 Å². The molecule has 0 aliphatic rings. The van der Waals surface area contributed by atoms with Crippen molar-refractivity contribution in [1.29, 1.82) is 0 Å². The molecule has 1 amide bonds. The highest BCUT2D eigenvalue weighted by atomic mass is 16.4. The quantitative estimate of drug-likeness (QED) is 0.775. The number of nitrogens with two attached hydrogens (primary N) is 1. The Bertz CT molecular complexity index is 426. The highest BCUT2D eigenvalue weighted by Gasteiger charge is 2.19. The van der Waals surface area contributed by atoms with Crippen LogP contribution in [0, 0.1) is 5.92 Å². The van der Waals surface area contributed by atoms with Crippen molar-refractivity contribution in [2.24, 2.45) is 5.92 Å². The van der Waals surface area contributed by atoms with Gasteiger partial charge in [-0.3, -0.25) is 9.59 Å². The predicted octanol–water partition coefficient (Wildman–Crippen LogP) is 1.45. The van der Waals surface area contributed by atoms with Crippen molar-refractivity contribution < 1.29 is 14.7 Å². The number of aliphatic carboxylic acids is 1. The summed E-state index contributed by atoms with van der Waals surface area (Å²) in [5.41, 5.74) is 6.57. The van der Waals surface area contributed by atoms with E-state index < -0.39 is 5.97 Å². The Morgan fingerprint density at radius 1 is 1.28 bits per heavy atom. The molecule has 0 heterocycles. The largest absolute Gasteiger partial charge is 0.480 e. The lowest BCUT2D eigenvalue weighted by Gasteiger charge is -2.22. The third-order valence-corrected chi connectivity index (χ3v) is 2.36. The first-order chi connectivity index (χ1) is 8.40. The molecule has 1 aromatic rings. The van der Waals surface area contributed by atoms with Crippen LogP contribution in [0.5, 0.6) is 0 Å². The summed E-state index contributed by atoms with van der Waals surface area (Å²) in [7, 11) is 0. The van der Waals surface area contributed by atoms with E-state index in [1.165, 1.54) is 4.90 Å². The van der Waals surface area contributed by atoms with Crippen molar-refractivity contribution in [1.82, 2.24) is 4.90 Å². The van der Waals surface area contributed by atoms with Gasteiger partial charge in [0.2, 0.25) is 0 Å². The van der Waals surface area contributed by atoms with Crippen LogP contribution < -0.4 is 5.73 Å². The molecule has 0 aliphatic heterocycles. The van der Waals surface area contributed by atoms with Gasteiger partial charge < -0.3 is 15.7 Å². The van der Waals surface area contributed by atoms with Crippen LogP contribution in [0.2, 0.25) is 0 Å². The van der Waals surface area contributed by atoms with Gasteiger partial charge in [0.05, 0.1) is 0 Å². The number of anilines is 1. The second-order valence-electron chi connectivity index (χ2n) is 4.60. The highest BCUT2D eigenvalue weighted by Crippen LogP contribution is 2.10. The van der Waals surface area contributed by atoms with E-state index in [0.717, 1.165) is 0 Å². The SMILES string of the molecule is CC(C)CN(CC(=O)O)C(=O)c1ccc(N)cc1. The van der Waals surface area contributed by atoms with Crippen molar-refractivity contribution in [2.75, 3.05) is 18.8 Å². The molecule has 0 bridgehead atoms. The fourth-order valence-electron chi connectivity index (χ4n) is 1.63. The van der Waals surface area contributed by atoms with Crippen LogP contribution in [-0.2, 0) is 4.79 Å². The van der Waals surface area contributed by atoms with E-state index in [0.29, 0.717) is 17.8 Å². The van der Waals surface area contributed by atoms with Gasteiger partial charge in [0.15, 0.2) is 0 Å². The number of carbonyl (C=O) groups excluding carboxylic acids is 1. The smallest absolute Gasteiger partial charge is 0.323 e. The molecule has 0 radical (unpaired) electrons. The number of benzene rings is 1.